The van der Waals surface area contributed by atoms with Crippen molar-refractivity contribution in [2.75, 3.05) is 0 Å². The molecule has 0 fully saturated rings. The summed E-state index contributed by atoms with van der Waals surface area (Å²) in [5, 5.41) is 4.17. The maximum absolute atomic E-state index is 4.34. The van der Waals surface area contributed by atoms with Gasteiger partial charge in [-0.25, -0.2) is 4.98 Å². The van der Waals surface area contributed by atoms with Gasteiger partial charge in [0, 0.05) is 25.0 Å². The van der Waals surface area contributed by atoms with E-state index in [1.165, 1.54) is 0 Å². The number of imidazole rings is 1. The van der Waals surface area contributed by atoms with E-state index < -0.39 is 0 Å². The van der Waals surface area contributed by atoms with Crippen LogP contribution in [-0.2, 0) is 7.05 Å². The fraction of sp³-hybridized carbons (Fsp3) is 0.0909. The van der Waals surface area contributed by atoms with E-state index in [4.69, 9.17) is 0 Å². The molecule has 4 nitrogen and oxygen atoms in total. The first-order chi connectivity index (χ1) is 7.75. The van der Waals surface area contributed by atoms with Crippen LogP contribution in [0.1, 0.15) is 0 Å². The van der Waals surface area contributed by atoms with E-state index in [1.807, 2.05) is 30.2 Å². The fourth-order valence-electron chi connectivity index (χ4n) is 1.77. The van der Waals surface area contributed by atoms with Crippen LogP contribution in [0.3, 0.4) is 0 Å². The van der Waals surface area contributed by atoms with Crippen molar-refractivity contribution >= 4 is 28.2 Å². The van der Waals surface area contributed by atoms with Gasteiger partial charge in [0.2, 0.25) is 0 Å². The van der Waals surface area contributed by atoms with Crippen molar-refractivity contribution < 1.29 is 0 Å². The van der Waals surface area contributed by atoms with Crippen molar-refractivity contribution in [1.82, 2.24) is 19.2 Å². The van der Waals surface area contributed by atoms with E-state index in [0.717, 1.165) is 20.6 Å². The minimum atomic E-state index is 0.961. The van der Waals surface area contributed by atoms with Crippen molar-refractivity contribution in [1.29, 1.82) is 0 Å². The van der Waals surface area contributed by atoms with Gasteiger partial charge in [-0.1, -0.05) is 0 Å². The average molecular weight is 324 g/mol. The lowest BCUT2D eigenvalue weighted by Gasteiger charge is -2.02. The Kier molecular flexibility index (Phi) is 2.20. The molecular formula is C11H9IN4. The number of pyridine rings is 1. The lowest BCUT2D eigenvalue weighted by Crippen LogP contribution is -1.94. The molecular weight excluding hydrogens is 315 g/mol. The number of aryl methyl sites for hydroxylation is 1. The standard InChI is InChI=1S/C11H9IN4/c1-15-9(2-4-14-15)8-3-5-16-10(12)7-13-11(16)6-8/h2-7H,1H3. The van der Waals surface area contributed by atoms with Crippen molar-refractivity contribution in [2.24, 2.45) is 7.05 Å². The maximum Gasteiger partial charge on any atom is 0.138 e. The molecule has 0 N–H and O–H groups in total. The molecule has 0 aromatic carbocycles. The summed E-state index contributed by atoms with van der Waals surface area (Å²) in [6, 6.07) is 6.15. The number of nitrogens with zero attached hydrogens (tertiary/aromatic N) is 4. The third-order valence-electron chi connectivity index (χ3n) is 2.58. The summed E-state index contributed by atoms with van der Waals surface area (Å²) in [6.45, 7) is 0. The number of hydrogen-bond donors (Lipinski definition) is 0. The molecule has 3 aromatic heterocycles. The number of rotatable bonds is 1. The number of hydrogen-bond acceptors (Lipinski definition) is 2. The van der Waals surface area contributed by atoms with Crippen molar-refractivity contribution in [3.05, 3.63) is 40.5 Å². The van der Waals surface area contributed by atoms with Gasteiger partial charge in [-0.05, 0) is 40.8 Å². The maximum atomic E-state index is 4.34. The van der Waals surface area contributed by atoms with Gasteiger partial charge in [-0.3, -0.25) is 9.08 Å². The van der Waals surface area contributed by atoms with Crippen LogP contribution in [0.4, 0.5) is 0 Å². The molecule has 0 radical (unpaired) electrons. The molecule has 0 spiro atoms. The molecule has 16 heavy (non-hydrogen) atoms. The first-order valence-corrected chi connectivity index (χ1v) is 5.94. The minimum Gasteiger partial charge on any atom is -0.295 e. The molecule has 0 atom stereocenters. The molecule has 3 rings (SSSR count). The number of halogens is 1. The van der Waals surface area contributed by atoms with Gasteiger partial charge < -0.3 is 0 Å². The third-order valence-corrected chi connectivity index (χ3v) is 3.38. The minimum absolute atomic E-state index is 0.961. The second-order valence-electron chi connectivity index (χ2n) is 3.56. The van der Waals surface area contributed by atoms with E-state index in [2.05, 4.69) is 49.2 Å². The summed E-state index contributed by atoms with van der Waals surface area (Å²) in [5.74, 6) is 0. The van der Waals surface area contributed by atoms with Crippen LogP contribution >= 0.6 is 22.6 Å². The van der Waals surface area contributed by atoms with Gasteiger partial charge in [0.1, 0.15) is 9.35 Å². The normalized spacial score (nSPS) is 11.1. The van der Waals surface area contributed by atoms with E-state index in [-0.39, 0.29) is 0 Å². The Balaban J connectivity index is 2.23. The Bertz CT molecular complexity index is 653. The first kappa shape index (κ1) is 9.83. The molecule has 0 bridgehead atoms. The Morgan fingerprint density at radius 1 is 1.31 bits per heavy atom. The van der Waals surface area contributed by atoms with Gasteiger partial charge in [0.05, 0.1) is 11.9 Å². The molecule has 0 aliphatic carbocycles. The van der Waals surface area contributed by atoms with E-state index in [9.17, 15) is 0 Å². The largest absolute Gasteiger partial charge is 0.295 e. The molecule has 0 aliphatic heterocycles. The van der Waals surface area contributed by atoms with E-state index in [0.29, 0.717) is 0 Å². The summed E-state index contributed by atoms with van der Waals surface area (Å²) >= 11 is 2.27. The van der Waals surface area contributed by atoms with Gasteiger partial charge >= 0.3 is 0 Å². The Morgan fingerprint density at radius 2 is 2.19 bits per heavy atom. The zero-order valence-corrected chi connectivity index (χ0v) is 10.8. The van der Waals surface area contributed by atoms with Gasteiger partial charge in [-0.2, -0.15) is 5.10 Å². The van der Waals surface area contributed by atoms with Crippen LogP contribution in [0.5, 0.6) is 0 Å². The summed E-state index contributed by atoms with van der Waals surface area (Å²) < 4.78 is 5.03. The van der Waals surface area contributed by atoms with Crippen molar-refractivity contribution in [2.45, 2.75) is 0 Å². The number of fused-ring (bicyclic) bond motifs is 1. The predicted octanol–water partition coefficient (Wildman–Crippen LogP) is 2.34. The fourth-order valence-corrected chi connectivity index (χ4v) is 2.31. The van der Waals surface area contributed by atoms with Gasteiger partial charge in [0.25, 0.3) is 0 Å². The van der Waals surface area contributed by atoms with Crippen LogP contribution < -0.4 is 0 Å². The summed E-state index contributed by atoms with van der Waals surface area (Å²) in [6.07, 6.45) is 5.70. The van der Waals surface area contributed by atoms with Crippen molar-refractivity contribution in [3.8, 4) is 11.3 Å². The highest BCUT2D eigenvalue weighted by atomic mass is 127. The highest BCUT2D eigenvalue weighted by molar-refractivity contribution is 14.1. The Labute approximate surface area is 106 Å². The second-order valence-corrected chi connectivity index (χ2v) is 4.67. The topological polar surface area (TPSA) is 35.1 Å². The van der Waals surface area contributed by atoms with Gasteiger partial charge in [-0.15, -0.1) is 0 Å². The summed E-state index contributed by atoms with van der Waals surface area (Å²) in [4.78, 5) is 4.34. The molecule has 0 saturated heterocycles. The molecule has 0 amide bonds. The van der Waals surface area contributed by atoms with E-state index in [1.54, 1.807) is 6.20 Å². The van der Waals surface area contributed by atoms with Gasteiger partial charge in [0.15, 0.2) is 0 Å². The zero-order valence-electron chi connectivity index (χ0n) is 8.63. The van der Waals surface area contributed by atoms with E-state index >= 15 is 0 Å². The number of aromatic nitrogens is 4. The molecule has 0 aliphatic rings. The zero-order chi connectivity index (χ0) is 11.1. The highest BCUT2D eigenvalue weighted by Gasteiger charge is 2.05. The summed E-state index contributed by atoms with van der Waals surface area (Å²) in [5.41, 5.74) is 3.19. The predicted molar refractivity (Wildman–Crippen MR) is 70.1 cm³/mol. The molecule has 5 heteroatoms. The SMILES string of the molecule is Cn1nccc1-c1ccn2c(I)cnc2c1. The quantitative estimate of drug-likeness (QED) is 0.644. The third kappa shape index (κ3) is 1.42. The van der Waals surface area contributed by atoms with Crippen LogP contribution in [0.2, 0.25) is 0 Å². The monoisotopic (exact) mass is 324 g/mol. The Hall–Kier alpha value is -1.37. The smallest absolute Gasteiger partial charge is 0.138 e. The molecule has 3 heterocycles. The van der Waals surface area contributed by atoms with Crippen LogP contribution in [-0.4, -0.2) is 19.2 Å². The Morgan fingerprint density at radius 3 is 2.94 bits per heavy atom. The molecule has 0 unspecified atom stereocenters. The molecule has 0 saturated carbocycles. The molecule has 80 valence electrons. The average Bonchev–Trinajstić information content (AvgIpc) is 2.86. The molecule has 3 aromatic rings. The second kappa shape index (κ2) is 3.58. The summed E-state index contributed by atoms with van der Waals surface area (Å²) in [7, 11) is 1.94. The van der Waals surface area contributed by atoms with Crippen LogP contribution in [0.15, 0.2) is 36.8 Å². The first-order valence-electron chi connectivity index (χ1n) is 4.87. The van der Waals surface area contributed by atoms with Crippen LogP contribution in [0, 0.1) is 3.70 Å². The highest BCUT2D eigenvalue weighted by Crippen LogP contribution is 2.20. The lowest BCUT2D eigenvalue weighted by molar-refractivity contribution is 0.776. The van der Waals surface area contributed by atoms with Crippen molar-refractivity contribution in [3.63, 3.8) is 0 Å². The van der Waals surface area contributed by atoms with Crippen LogP contribution in [0.25, 0.3) is 16.9 Å². The lowest BCUT2D eigenvalue weighted by atomic mass is 10.2.